The van der Waals surface area contributed by atoms with Crippen LogP contribution in [0.3, 0.4) is 0 Å². The summed E-state index contributed by atoms with van der Waals surface area (Å²) in [4.78, 5) is 10.6. The molecular weight excluding hydrogens is 261 g/mol. The second kappa shape index (κ2) is 5.03. The standard InChI is InChI=1S/C11H14FNO4S/c1-6-4-9(12)5-7(2)10(6)18(16,17)13-8(3)11(14)15/h4-5,8,13H,1-3H3,(H,14,15)/t8-/m0/s1. The van der Waals surface area contributed by atoms with Crippen LogP contribution in [0.25, 0.3) is 0 Å². The van der Waals surface area contributed by atoms with Gasteiger partial charge in [0.15, 0.2) is 0 Å². The highest BCUT2D eigenvalue weighted by molar-refractivity contribution is 7.89. The van der Waals surface area contributed by atoms with Crippen molar-refractivity contribution in [3.63, 3.8) is 0 Å². The van der Waals surface area contributed by atoms with E-state index in [1.54, 1.807) is 0 Å². The molecule has 0 saturated carbocycles. The minimum atomic E-state index is -3.98. The fourth-order valence-corrected chi connectivity index (χ4v) is 3.31. The number of carboxylic acid groups (broad SMARTS) is 1. The summed E-state index contributed by atoms with van der Waals surface area (Å²) < 4.78 is 39.1. The van der Waals surface area contributed by atoms with E-state index in [1.807, 2.05) is 4.72 Å². The zero-order valence-corrected chi connectivity index (χ0v) is 11.0. The van der Waals surface area contributed by atoms with Gasteiger partial charge in [0, 0.05) is 0 Å². The summed E-state index contributed by atoms with van der Waals surface area (Å²) >= 11 is 0. The van der Waals surface area contributed by atoms with Gasteiger partial charge < -0.3 is 5.11 Å². The second-order valence-electron chi connectivity index (χ2n) is 4.05. The van der Waals surface area contributed by atoms with E-state index in [4.69, 9.17) is 5.11 Å². The molecule has 2 N–H and O–H groups in total. The van der Waals surface area contributed by atoms with Crippen LogP contribution in [0.1, 0.15) is 18.1 Å². The van der Waals surface area contributed by atoms with Crippen LogP contribution in [-0.4, -0.2) is 25.5 Å². The van der Waals surface area contributed by atoms with Crippen molar-refractivity contribution in [1.29, 1.82) is 0 Å². The quantitative estimate of drug-likeness (QED) is 0.864. The zero-order chi connectivity index (χ0) is 14.1. The number of aliphatic carboxylic acids is 1. The van der Waals surface area contributed by atoms with Crippen LogP contribution in [0.4, 0.5) is 4.39 Å². The highest BCUT2D eigenvalue weighted by Crippen LogP contribution is 2.21. The van der Waals surface area contributed by atoms with Gasteiger partial charge in [0.1, 0.15) is 11.9 Å². The van der Waals surface area contributed by atoms with Gasteiger partial charge in [-0.2, -0.15) is 4.72 Å². The van der Waals surface area contributed by atoms with E-state index in [1.165, 1.54) is 20.8 Å². The number of halogens is 1. The molecular formula is C11H14FNO4S. The zero-order valence-electron chi connectivity index (χ0n) is 10.2. The Labute approximate surface area is 105 Å². The molecule has 0 aromatic heterocycles. The van der Waals surface area contributed by atoms with Crippen molar-refractivity contribution in [2.24, 2.45) is 0 Å². The van der Waals surface area contributed by atoms with E-state index >= 15 is 0 Å². The maximum atomic E-state index is 13.1. The maximum Gasteiger partial charge on any atom is 0.321 e. The molecule has 100 valence electrons. The molecule has 0 spiro atoms. The number of hydrogen-bond donors (Lipinski definition) is 2. The van der Waals surface area contributed by atoms with Crippen LogP contribution in [-0.2, 0) is 14.8 Å². The lowest BCUT2D eigenvalue weighted by Crippen LogP contribution is -2.38. The molecule has 0 heterocycles. The normalized spacial score (nSPS) is 13.3. The maximum absolute atomic E-state index is 13.1. The number of sulfonamides is 1. The van der Waals surface area contributed by atoms with Crippen LogP contribution < -0.4 is 4.72 Å². The number of carboxylic acids is 1. The van der Waals surface area contributed by atoms with Gasteiger partial charge in [-0.25, -0.2) is 12.8 Å². The third-order valence-electron chi connectivity index (χ3n) is 2.40. The Morgan fingerprint density at radius 3 is 2.17 bits per heavy atom. The molecule has 7 heteroatoms. The lowest BCUT2D eigenvalue weighted by molar-refractivity contribution is -0.138. The van der Waals surface area contributed by atoms with Gasteiger partial charge in [-0.15, -0.1) is 0 Å². The number of benzene rings is 1. The van der Waals surface area contributed by atoms with Crippen LogP contribution in [0.2, 0.25) is 0 Å². The first-order valence-corrected chi connectivity index (χ1v) is 6.65. The van der Waals surface area contributed by atoms with E-state index in [-0.39, 0.29) is 16.0 Å². The van der Waals surface area contributed by atoms with Crippen molar-refractivity contribution in [2.75, 3.05) is 0 Å². The van der Waals surface area contributed by atoms with Crippen LogP contribution in [0.5, 0.6) is 0 Å². The molecule has 1 aromatic rings. The Balaban J connectivity index is 3.25. The SMILES string of the molecule is Cc1cc(F)cc(C)c1S(=O)(=O)N[C@@H](C)C(=O)O. The Bertz CT molecular complexity index is 560. The molecule has 1 rings (SSSR count). The molecule has 0 aliphatic rings. The summed E-state index contributed by atoms with van der Waals surface area (Å²) in [7, 11) is -3.98. The predicted molar refractivity (Wildman–Crippen MR) is 63.3 cm³/mol. The molecule has 0 radical (unpaired) electrons. The Kier molecular flexibility index (Phi) is 4.08. The number of aryl methyl sites for hydroxylation is 2. The van der Waals surface area contributed by atoms with E-state index in [2.05, 4.69) is 0 Å². The summed E-state index contributed by atoms with van der Waals surface area (Å²) in [5.74, 6) is -1.81. The van der Waals surface area contributed by atoms with Crippen LogP contribution in [0.15, 0.2) is 17.0 Å². The first-order chi connectivity index (χ1) is 8.15. The van der Waals surface area contributed by atoms with Crippen molar-refractivity contribution in [1.82, 2.24) is 4.72 Å². The Hall–Kier alpha value is -1.47. The Morgan fingerprint density at radius 1 is 1.33 bits per heavy atom. The van der Waals surface area contributed by atoms with Gasteiger partial charge in [-0.3, -0.25) is 4.79 Å². The van der Waals surface area contributed by atoms with Crippen molar-refractivity contribution < 1.29 is 22.7 Å². The highest BCUT2D eigenvalue weighted by Gasteiger charge is 2.25. The third kappa shape index (κ3) is 3.05. The molecule has 0 amide bonds. The number of carbonyl (C=O) groups is 1. The topological polar surface area (TPSA) is 83.5 Å². The van der Waals surface area contributed by atoms with E-state index < -0.39 is 27.9 Å². The van der Waals surface area contributed by atoms with Gasteiger partial charge >= 0.3 is 5.97 Å². The molecule has 1 atom stereocenters. The smallest absolute Gasteiger partial charge is 0.321 e. The summed E-state index contributed by atoms with van der Waals surface area (Å²) in [5, 5.41) is 8.69. The fourth-order valence-electron chi connectivity index (χ4n) is 1.66. The number of rotatable bonds is 4. The van der Waals surface area contributed by atoms with Crippen molar-refractivity contribution in [2.45, 2.75) is 31.7 Å². The molecule has 0 bridgehead atoms. The molecule has 0 aliphatic heterocycles. The van der Waals surface area contributed by atoms with E-state index in [0.717, 1.165) is 12.1 Å². The monoisotopic (exact) mass is 275 g/mol. The summed E-state index contributed by atoms with van der Waals surface area (Å²) in [6.07, 6.45) is 0. The lowest BCUT2D eigenvalue weighted by atomic mass is 10.1. The van der Waals surface area contributed by atoms with Gasteiger partial charge in [0.25, 0.3) is 0 Å². The Morgan fingerprint density at radius 2 is 1.78 bits per heavy atom. The minimum Gasteiger partial charge on any atom is -0.480 e. The first kappa shape index (κ1) is 14.6. The minimum absolute atomic E-state index is 0.0861. The van der Waals surface area contributed by atoms with E-state index in [0.29, 0.717) is 0 Å². The summed E-state index contributed by atoms with van der Waals surface area (Å²) in [5.41, 5.74) is 0.468. The largest absolute Gasteiger partial charge is 0.480 e. The lowest BCUT2D eigenvalue weighted by Gasteiger charge is -2.14. The predicted octanol–water partition coefficient (Wildman–Crippen LogP) is 1.19. The van der Waals surface area contributed by atoms with Crippen molar-refractivity contribution in [3.8, 4) is 0 Å². The summed E-state index contributed by atoms with van der Waals surface area (Å²) in [6.45, 7) is 4.13. The number of hydrogen-bond acceptors (Lipinski definition) is 3. The highest BCUT2D eigenvalue weighted by atomic mass is 32.2. The fraction of sp³-hybridized carbons (Fsp3) is 0.364. The van der Waals surface area contributed by atoms with E-state index in [9.17, 15) is 17.6 Å². The van der Waals surface area contributed by atoms with Crippen LogP contribution in [0, 0.1) is 19.7 Å². The van der Waals surface area contributed by atoms with Gasteiger partial charge in [-0.1, -0.05) is 0 Å². The van der Waals surface area contributed by atoms with Gasteiger partial charge in [0.05, 0.1) is 4.90 Å². The summed E-state index contributed by atoms with van der Waals surface area (Å²) in [6, 6.07) is 0.929. The van der Waals surface area contributed by atoms with Crippen molar-refractivity contribution in [3.05, 3.63) is 29.1 Å². The molecule has 1 aromatic carbocycles. The third-order valence-corrected chi connectivity index (χ3v) is 4.24. The molecule has 0 saturated heterocycles. The molecule has 0 unspecified atom stereocenters. The molecule has 18 heavy (non-hydrogen) atoms. The average Bonchev–Trinajstić information content (AvgIpc) is 2.13. The van der Waals surface area contributed by atoms with Crippen LogP contribution >= 0.6 is 0 Å². The second-order valence-corrected chi connectivity index (χ2v) is 5.70. The molecule has 0 aliphatic carbocycles. The van der Waals surface area contributed by atoms with Gasteiger partial charge in [0.2, 0.25) is 10.0 Å². The van der Waals surface area contributed by atoms with Gasteiger partial charge in [-0.05, 0) is 44.0 Å². The first-order valence-electron chi connectivity index (χ1n) is 5.17. The van der Waals surface area contributed by atoms with Crippen molar-refractivity contribution >= 4 is 16.0 Å². The number of nitrogens with one attached hydrogen (secondary N) is 1. The molecule has 0 fully saturated rings. The average molecular weight is 275 g/mol. The molecule has 5 nitrogen and oxygen atoms in total.